The van der Waals surface area contributed by atoms with Gasteiger partial charge in [-0.25, -0.2) is 0 Å². The molecule has 2 heteroatoms. The highest BCUT2D eigenvalue weighted by Gasteiger charge is 2.36. The van der Waals surface area contributed by atoms with E-state index in [1.165, 1.54) is 0 Å². The average Bonchev–Trinajstić information content (AvgIpc) is 1.99. The van der Waals surface area contributed by atoms with Crippen molar-refractivity contribution in [3.63, 3.8) is 0 Å². The number of allylic oxidation sites excluding steroid dienone is 2. The minimum atomic E-state index is -1.10. The Balaban J connectivity index is 2.94. The van der Waals surface area contributed by atoms with Gasteiger partial charge in [0.05, 0.1) is 6.10 Å². The van der Waals surface area contributed by atoms with Crippen LogP contribution in [0.3, 0.4) is 0 Å². The Morgan fingerprint density at radius 3 is 2.75 bits per heavy atom. The zero-order chi connectivity index (χ0) is 9.35. The molecule has 0 aromatic rings. The number of hydrogen-bond donors (Lipinski definition) is 2. The molecule has 0 saturated heterocycles. The molecule has 0 saturated carbocycles. The molecule has 1 rings (SSSR count). The van der Waals surface area contributed by atoms with Crippen LogP contribution in [0.5, 0.6) is 0 Å². The number of aliphatic hydroxyl groups excluding tert-OH is 1. The predicted octanol–water partition coefficient (Wildman–Crippen LogP) is 1.25. The normalized spacial score (nSPS) is 42.2. The SMILES string of the molecule is C=CC1=CC(C)(O)C(O)C(C)C1. The molecule has 3 unspecified atom stereocenters. The topological polar surface area (TPSA) is 40.5 Å². The Morgan fingerprint density at radius 1 is 1.75 bits per heavy atom. The van der Waals surface area contributed by atoms with Crippen molar-refractivity contribution < 1.29 is 10.2 Å². The fourth-order valence-electron chi connectivity index (χ4n) is 1.72. The van der Waals surface area contributed by atoms with Gasteiger partial charge in [-0.2, -0.15) is 0 Å². The van der Waals surface area contributed by atoms with E-state index in [4.69, 9.17) is 0 Å². The number of hydrogen-bond acceptors (Lipinski definition) is 2. The highest BCUT2D eigenvalue weighted by Crippen LogP contribution is 2.31. The Morgan fingerprint density at radius 2 is 2.33 bits per heavy atom. The standard InChI is InChI=1S/C10H16O2/c1-4-8-5-7(2)9(11)10(3,12)6-8/h4,6-7,9,11-12H,1,5H2,2-3H3. The van der Waals surface area contributed by atoms with Crippen LogP contribution in [-0.2, 0) is 0 Å². The van der Waals surface area contributed by atoms with Gasteiger partial charge in [0.15, 0.2) is 0 Å². The summed E-state index contributed by atoms with van der Waals surface area (Å²) in [4.78, 5) is 0. The smallest absolute Gasteiger partial charge is 0.107 e. The van der Waals surface area contributed by atoms with Crippen LogP contribution in [0.15, 0.2) is 24.3 Å². The van der Waals surface area contributed by atoms with Crippen molar-refractivity contribution in [2.75, 3.05) is 0 Å². The molecule has 1 aliphatic rings. The van der Waals surface area contributed by atoms with Crippen LogP contribution in [0, 0.1) is 5.92 Å². The summed E-state index contributed by atoms with van der Waals surface area (Å²) in [5.74, 6) is 0.0954. The van der Waals surface area contributed by atoms with Gasteiger partial charge in [0.2, 0.25) is 0 Å². The van der Waals surface area contributed by atoms with Crippen molar-refractivity contribution in [3.05, 3.63) is 24.3 Å². The van der Waals surface area contributed by atoms with Gasteiger partial charge >= 0.3 is 0 Å². The van der Waals surface area contributed by atoms with E-state index in [9.17, 15) is 10.2 Å². The van der Waals surface area contributed by atoms with Gasteiger partial charge in [-0.05, 0) is 30.9 Å². The molecule has 0 aromatic heterocycles. The first-order valence-electron chi connectivity index (χ1n) is 4.22. The summed E-state index contributed by atoms with van der Waals surface area (Å²) in [6, 6.07) is 0. The summed E-state index contributed by atoms with van der Waals surface area (Å²) in [6.07, 6.45) is 3.55. The van der Waals surface area contributed by atoms with E-state index in [1.807, 2.05) is 6.92 Å². The molecule has 0 bridgehead atoms. The molecule has 12 heavy (non-hydrogen) atoms. The van der Waals surface area contributed by atoms with Crippen molar-refractivity contribution in [1.29, 1.82) is 0 Å². The summed E-state index contributed by atoms with van der Waals surface area (Å²) in [7, 11) is 0. The van der Waals surface area contributed by atoms with Gasteiger partial charge in [-0.1, -0.05) is 19.6 Å². The largest absolute Gasteiger partial charge is 0.390 e. The molecule has 68 valence electrons. The third kappa shape index (κ3) is 1.59. The minimum absolute atomic E-state index is 0.0954. The van der Waals surface area contributed by atoms with E-state index in [0.29, 0.717) is 0 Å². The second kappa shape index (κ2) is 3.04. The molecule has 2 N–H and O–H groups in total. The van der Waals surface area contributed by atoms with Gasteiger partial charge in [0.25, 0.3) is 0 Å². The first-order valence-corrected chi connectivity index (χ1v) is 4.22. The van der Waals surface area contributed by atoms with Gasteiger partial charge < -0.3 is 10.2 Å². The molecular formula is C10H16O2. The second-order valence-electron chi connectivity index (χ2n) is 3.78. The van der Waals surface area contributed by atoms with Crippen LogP contribution < -0.4 is 0 Å². The summed E-state index contributed by atoms with van der Waals surface area (Å²) in [5.41, 5.74) is -0.0842. The fraction of sp³-hybridized carbons (Fsp3) is 0.600. The van der Waals surface area contributed by atoms with E-state index < -0.39 is 11.7 Å². The molecule has 0 aliphatic heterocycles. The van der Waals surface area contributed by atoms with Gasteiger partial charge in [-0.3, -0.25) is 0 Å². The maximum atomic E-state index is 9.74. The summed E-state index contributed by atoms with van der Waals surface area (Å²) >= 11 is 0. The van der Waals surface area contributed by atoms with E-state index in [0.717, 1.165) is 12.0 Å². The highest BCUT2D eigenvalue weighted by atomic mass is 16.3. The Hall–Kier alpha value is -0.600. The molecule has 0 heterocycles. The van der Waals surface area contributed by atoms with Crippen molar-refractivity contribution in [2.45, 2.75) is 32.0 Å². The van der Waals surface area contributed by atoms with Crippen LogP contribution in [0.2, 0.25) is 0 Å². The van der Waals surface area contributed by atoms with Crippen molar-refractivity contribution in [1.82, 2.24) is 0 Å². The quantitative estimate of drug-likeness (QED) is 0.618. The molecular weight excluding hydrogens is 152 g/mol. The molecule has 3 atom stereocenters. The number of rotatable bonds is 1. The number of aliphatic hydroxyl groups is 2. The van der Waals surface area contributed by atoms with E-state index in [1.54, 1.807) is 19.1 Å². The van der Waals surface area contributed by atoms with E-state index in [2.05, 4.69) is 6.58 Å². The van der Waals surface area contributed by atoms with Gasteiger partial charge in [0.1, 0.15) is 5.60 Å². The lowest BCUT2D eigenvalue weighted by Gasteiger charge is -2.35. The van der Waals surface area contributed by atoms with Gasteiger partial charge in [0, 0.05) is 0 Å². The lowest BCUT2D eigenvalue weighted by molar-refractivity contribution is -0.0599. The van der Waals surface area contributed by atoms with Crippen LogP contribution >= 0.6 is 0 Å². The summed E-state index contributed by atoms with van der Waals surface area (Å²) < 4.78 is 0. The maximum Gasteiger partial charge on any atom is 0.107 e. The monoisotopic (exact) mass is 168 g/mol. The Kier molecular flexibility index (Phi) is 2.40. The molecule has 0 spiro atoms. The predicted molar refractivity (Wildman–Crippen MR) is 48.7 cm³/mol. The van der Waals surface area contributed by atoms with Crippen molar-refractivity contribution >= 4 is 0 Å². The molecule has 1 aliphatic carbocycles. The Labute approximate surface area is 73.2 Å². The van der Waals surface area contributed by atoms with Crippen LogP contribution in [-0.4, -0.2) is 21.9 Å². The zero-order valence-corrected chi connectivity index (χ0v) is 7.62. The zero-order valence-electron chi connectivity index (χ0n) is 7.62. The third-order valence-corrected chi connectivity index (χ3v) is 2.44. The fourth-order valence-corrected chi connectivity index (χ4v) is 1.72. The van der Waals surface area contributed by atoms with Crippen LogP contribution in [0.1, 0.15) is 20.3 Å². The van der Waals surface area contributed by atoms with Crippen LogP contribution in [0.4, 0.5) is 0 Å². The summed E-state index contributed by atoms with van der Waals surface area (Å²) in [6.45, 7) is 7.20. The van der Waals surface area contributed by atoms with Gasteiger partial charge in [-0.15, -0.1) is 0 Å². The maximum absolute atomic E-state index is 9.74. The van der Waals surface area contributed by atoms with E-state index >= 15 is 0 Å². The molecule has 0 radical (unpaired) electrons. The summed E-state index contributed by atoms with van der Waals surface area (Å²) in [5, 5.41) is 19.3. The molecule has 0 amide bonds. The first kappa shape index (κ1) is 9.49. The van der Waals surface area contributed by atoms with Crippen LogP contribution in [0.25, 0.3) is 0 Å². The van der Waals surface area contributed by atoms with Crippen molar-refractivity contribution in [2.24, 2.45) is 5.92 Å². The molecule has 0 fully saturated rings. The lowest BCUT2D eigenvalue weighted by atomic mass is 9.79. The van der Waals surface area contributed by atoms with Crippen molar-refractivity contribution in [3.8, 4) is 0 Å². The average molecular weight is 168 g/mol. The Bertz CT molecular complexity index is 216. The van der Waals surface area contributed by atoms with E-state index in [-0.39, 0.29) is 5.92 Å². The molecule has 2 nitrogen and oxygen atoms in total. The third-order valence-electron chi connectivity index (χ3n) is 2.44. The highest BCUT2D eigenvalue weighted by molar-refractivity contribution is 5.26. The second-order valence-corrected chi connectivity index (χ2v) is 3.78. The minimum Gasteiger partial charge on any atom is -0.390 e. The molecule has 0 aromatic carbocycles. The first-order chi connectivity index (χ1) is 5.47. The lowest BCUT2D eigenvalue weighted by Crippen LogP contribution is -2.44.